The largest absolute Gasteiger partial charge is 0.417 e. The minimum absolute atomic E-state index is 0.144. The molecule has 0 aliphatic rings. The fourth-order valence-electron chi connectivity index (χ4n) is 2.53. The lowest BCUT2D eigenvalue weighted by atomic mass is 10.2. The van der Waals surface area contributed by atoms with Gasteiger partial charge in [0.1, 0.15) is 10.9 Å². The minimum Gasteiger partial charge on any atom is -0.356 e. The molecule has 152 valence electrons. The number of hydrogen-bond donors (Lipinski definition) is 1. The van der Waals surface area contributed by atoms with E-state index in [4.69, 9.17) is 0 Å². The predicted molar refractivity (Wildman–Crippen MR) is 102 cm³/mol. The van der Waals surface area contributed by atoms with Gasteiger partial charge in [-0.15, -0.1) is 10.2 Å². The van der Waals surface area contributed by atoms with Gasteiger partial charge in [-0.3, -0.25) is 9.36 Å². The second-order valence-corrected chi connectivity index (χ2v) is 7.28. The van der Waals surface area contributed by atoms with E-state index in [1.54, 1.807) is 0 Å². The van der Waals surface area contributed by atoms with Crippen molar-refractivity contribution in [1.29, 1.82) is 0 Å². The second-order valence-electron chi connectivity index (χ2n) is 6.29. The second kappa shape index (κ2) is 8.64. The molecule has 0 atom stereocenters. The van der Waals surface area contributed by atoms with Crippen LogP contribution in [-0.2, 0) is 17.4 Å². The van der Waals surface area contributed by atoms with Crippen molar-refractivity contribution in [1.82, 2.24) is 25.1 Å². The molecule has 3 rings (SSSR count). The fourth-order valence-corrected chi connectivity index (χ4v) is 3.35. The van der Waals surface area contributed by atoms with E-state index in [2.05, 4.69) is 20.5 Å². The first-order valence-corrected chi connectivity index (χ1v) is 9.52. The van der Waals surface area contributed by atoms with E-state index < -0.39 is 11.7 Å². The zero-order valence-electron chi connectivity index (χ0n) is 15.7. The van der Waals surface area contributed by atoms with Gasteiger partial charge in [-0.25, -0.2) is 4.98 Å². The van der Waals surface area contributed by atoms with Crippen molar-refractivity contribution in [3.63, 3.8) is 0 Å². The third kappa shape index (κ3) is 5.35. The van der Waals surface area contributed by atoms with Crippen molar-refractivity contribution in [3.05, 3.63) is 59.5 Å². The molecule has 0 saturated carbocycles. The molecule has 3 aromatic rings. The first kappa shape index (κ1) is 20.8. The summed E-state index contributed by atoms with van der Waals surface area (Å²) in [4.78, 5) is 15.0. The Morgan fingerprint density at radius 1 is 1.14 bits per heavy atom. The van der Waals surface area contributed by atoms with Gasteiger partial charge in [-0.2, -0.15) is 13.2 Å². The molecule has 0 saturated heterocycles. The summed E-state index contributed by atoms with van der Waals surface area (Å²) in [6, 6.07) is 9.99. The summed E-state index contributed by atoms with van der Waals surface area (Å²) in [5.74, 6) is 0.479. The van der Waals surface area contributed by atoms with Gasteiger partial charge in [-0.05, 0) is 43.0 Å². The molecule has 0 aliphatic carbocycles. The van der Waals surface area contributed by atoms with Crippen molar-refractivity contribution in [2.45, 2.75) is 36.6 Å². The monoisotopic (exact) mass is 421 g/mol. The van der Waals surface area contributed by atoms with Crippen LogP contribution in [0.2, 0.25) is 0 Å². The summed E-state index contributed by atoms with van der Waals surface area (Å²) in [6.45, 7) is 3.79. The van der Waals surface area contributed by atoms with Crippen molar-refractivity contribution in [3.8, 4) is 5.69 Å². The van der Waals surface area contributed by atoms with Gasteiger partial charge in [0.2, 0.25) is 11.1 Å². The Kier molecular flexibility index (Phi) is 6.21. The molecule has 2 aromatic heterocycles. The summed E-state index contributed by atoms with van der Waals surface area (Å²) >= 11 is 1.12. The Bertz CT molecular complexity index is 985. The van der Waals surface area contributed by atoms with Gasteiger partial charge in [-0.1, -0.05) is 17.7 Å². The van der Waals surface area contributed by atoms with Crippen molar-refractivity contribution in [2.24, 2.45) is 0 Å². The number of pyridine rings is 1. The highest BCUT2D eigenvalue weighted by Crippen LogP contribution is 2.32. The van der Waals surface area contributed by atoms with Crippen LogP contribution in [0.3, 0.4) is 0 Å². The lowest BCUT2D eigenvalue weighted by Crippen LogP contribution is -2.23. The van der Waals surface area contributed by atoms with E-state index in [9.17, 15) is 18.0 Å². The standard InChI is InChI=1S/C19H18F3N5OS/c1-12-3-6-15(7-4-12)27-16(9-10-23-13(2)28)25-26-18(27)29-17-8-5-14(11-24-17)19(20,21)22/h3-8,11H,9-10H2,1-2H3,(H,23,28). The molecule has 29 heavy (non-hydrogen) atoms. The summed E-state index contributed by atoms with van der Waals surface area (Å²) in [6.07, 6.45) is -3.19. The van der Waals surface area contributed by atoms with Crippen LogP contribution in [0, 0.1) is 6.92 Å². The lowest BCUT2D eigenvalue weighted by molar-refractivity contribution is -0.137. The number of carbonyl (C=O) groups excluding carboxylic acids is 1. The minimum atomic E-state index is -4.44. The predicted octanol–water partition coefficient (Wildman–Crippen LogP) is 3.82. The number of carbonyl (C=O) groups is 1. The smallest absolute Gasteiger partial charge is 0.356 e. The Balaban J connectivity index is 1.90. The van der Waals surface area contributed by atoms with E-state index in [-0.39, 0.29) is 5.91 Å². The third-order valence-electron chi connectivity index (χ3n) is 3.97. The van der Waals surface area contributed by atoms with E-state index in [1.165, 1.54) is 13.0 Å². The van der Waals surface area contributed by atoms with Crippen LogP contribution < -0.4 is 5.32 Å². The SMILES string of the molecule is CC(=O)NCCc1nnc(Sc2ccc(C(F)(F)F)cn2)n1-c1ccc(C)cc1. The number of nitrogens with zero attached hydrogens (tertiary/aromatic N) is 4. The molecule has 6 nitrogen and oxygen atoms in total. The summed E-state index contributed by atoms with van der Waals surface area (Å²) in [5, 5.41) is 11.9. The number of aryl methyl sites for hydroxylation is 1. The Labute approximate surface area is 169 Å². The van der Waals surface area contributed by atoms with Crippen molar-refractivity contribution >= 4 is 17.7 Å². The van der Waals surface area contributed by atoms with Gasteiger partial charge in [0, 0.05) is 31.8 Å². The number of amides is 1. The fraction of sp³-hybridized carbons (Fsp3) is 0.263. The molecule has 0 unspecified atom stereocenters. The van der Waals surface area contributed by atoms with Gasteiger partial charge >= 0.3 is 6.18 Å². The molecule has 2 heterocycles. The number of alkyl halides is 3. The van der Waals surface area contributed by atoms with Crippen LogP contribution in [0.15, 0.2) is 52.8 Å². The van der Waals surface area contributed by atoms with Gasteiger partial charge in [0.15, 0.2) is 0 Å². The number of hydrogen-bond acceptors (Lipinski definition) is 5. The first-order valence-electron chi connectivity index (χ1n) is 8.71. The molecule has 0 spiro atoms. The van der Waals surface area contributed by atoms with Crippen LogP contribution >= 0.6 is 11.8 Å². The topological polar surface area (TPSA) is 72.7 Å². The number of rotatable bonds is 6. The number of halogens is 3. The van der Waals surface area contributed by atoms with Crippen molar-refractivity contribution < 1.29 is 18.0 Å². The van der Waals surface area contributed by atoms with E-state index >= 15 is 0 Å². The Morgan fingerprint density at radius 3 is 2.45 bits per heavy atom. The van der Waals surface area contributed by atoms with Crippen LogP contribution in [0.1, 0.15) is 23.9 Å². The maximum Gasteiger partial charge on any atom is 0.417 e. The maximum absolute atomic E-state index is 12.7. The Hall–Kier alpha value is -2.88. The maximum atomic E-state index is 12.7. The van der Waals surface area contributed by atoms with E-state index in [0.717, 1.165) is 35.3 Å². The number of benzene rings is 1. The van der Waals surface area contributed by atoms with E-state index in [1.807, 2.05) is 35.8 Å². The normalized spacial score (nSPS) is 11.5. The lowest BCUT2D eigenvalue weighted by Gasteiger charge is -2.11. The van der Waals surface area contributed by atoms with Gasteiger partial charge in [0.25, 0.3) is 0 Å². The molecule has 0 bridgehead atoms. The third-order valence-corrected chi connectivity index (χ3v) is 4.87. The summed E-state index contributed by atoms with van der Waals surface area (Å²) in [5.41, 5.74) is 1.09. The van der Waals surface area contributed by atoms with Gasteiger partial charge in [0.05, 0.1) is 5.56 Å². The molecule has 1 amide bonds. The molecular formula is C19H18F3N5OS. The average molecular weight is 421 g/mol. The molecule has 1 N–H and O–H groups in total. The highest BCUT2D eigenvalue weighted by atomic mass is 32.2. The average Bonchev–Trinajstić information content (AvgIpc) is 3.04. The van der Waals surface area contributed by atoms with Gasteiger partial charge < -0.3 is 5.32 Å². The van der Waals surface area contributed by atoms with E-state index in [0.29, 0.717) is 29.0 Å². The molecule has 0 radical (unpaired) electrons. The summed E-state index contributed by atoms with van der Waals surface area (Å²) in [7, 11) is 0. The van der Waals surface area contributed by atoms with Crippen LogP contribution in [0.25, 0.3) is 5.69 Å². The quantitative estimate of drug-likeness (QED) is 0.655. The first-order chi connectivity index (χ1) is 13.7. The number of aromatic nitrogens is 4. The van der Waals surface area contributed by atoms with Crippen molar-refractivity contribution in [2.75, 3.05) is 6.54 Å². The molecule has 0 fully saturated rings. The zero-order valence-corrected chi connectivity index (χ0v) is 16.5. The number of nitrogens with one attached hydrogen (secondary N) is 1. The zero-order chi connectivity index (χ0) is 21.0. The summed E-state index contributed by atoms with van der Waals surface area (Å²) < 4.78 is 40.0. The van der Waals surface area contributed by atoms with Crippen LogP contribution in [0.5, 0.6) is 0 Å². The van der Waals surface area contributed by atoms with Crippen LogP contribution in [0.4, 0.5) is 13.2 Å². The molecule has 10 heteroatoms. The molecule has 1 aromatic carbocycles. The van der Waals surface area contributed by atoms with Crippen LogP contribution in [-0.4, -0.2) is 32.2 Å². The molecule has 0 aliphatic heterocycles. The highest BCUT2D eigenvalue weighted by molar-refractivity contribution is 7.99. The highest BCUT2D eigenvalue weighted by Gasteiger charge is 2.30. The Morgan fingerprint density at radius 2 is 1.86 bits per heavy atom. The molecular weight excluding hydrogens is 403 g/mol.